The fourth-order valence-electron chi connectivity index (χ4n) is 2.79. The van der Waals surface area contributed by atoms with Gasteiger partial charge in [-0.3, -0.25) is 0 Å². The summed E-state index contributed by atoms with van der Waals surface area (Å²) in [7, 11) is 1.61. The molecule has 1 aliphatic rings. The van der Waals surface area contributed by atoms with Crippen LogP contribution in [0.4, 0.5) is 0 Å². The number of benzene rings is 3. The SMILES string of the molecule is COc1ccc(/C=C2/N=C(c3cccc4ccccc34)OC2=O)cc1. The van der Waals surface area contributed by atoms with Crippen LogP contribution in [0.15, 0.2) is 77.4 Å². The fraction of sp³-hybridized carbons (Fsp3) is 0.0476. The number of carbonyl (C=O) groups excluding carboxylic acids is 1. The van der Waals surface area contributed by atoms with Crippen LogP contribution in [0.2, 0.25) is 0 Å². The molecule has 0 saturated carbocycles. The van der Waals surface area contributed by atoms with Crippen LogP contribution in [0.5, 0.6) is 5.75 Å². The van der Waals surface area contributed by atoms with Crippen LogP contribution in [0.3, 0.4) is 0 Å². The summed E-state index contributed by atoms with van der Waals surface area (Å²) in [5, 5.41) is 2.08. The average molecular weight is 329 g/mol. The molecule has 122 valence electrons. The summed E-state index contributed by atoms with van der Waals surface area (Å²) in [6, 6.07) is 21.2. The Morgan fingerprint density at radius 2 is 1.72 bits per heavy atom. The Morgan fingerprint density at radius 1 is 0.960 bits per heavy atom. The Morgan fingerprint density at radius 3 is 2.52 bits per heavy atom. The molecular weight excluding hydrogens is 314 g/mol. The highest BCUT2D eigenvalue weighted by atomic mass is 16.6. The van der Waals surface area contributed by atoms with E-state index in [4.69, 9.17) is 9.47 Å². The molecule has 0 N–H and O–H groups in total. The molecule has 0 fully saturated rings. The van der Waals surface area contributed by atoms with Crippen molar-refractivity contribution in [3.8, 4) is 5.75 Å². The second-order valence-corrected chi connectivity index (χ2v) is 5.64. The molecule has 25 heavy (non-hydrogen) atoms. The zero-order valence-electron chi connectivity index (χ0n) is 13.6. The highest BCUT2D eigenvalue weighted by molar-refractivity contribution is 6.17. The number of ether oxygens (including phenoxy) is 2. The van der Waals surface area contributed by atoms with E-state index >= 15 is 0 Å². The highest BCUT2D eigenvalue weighted by Gasteiger charge is 2.25. The predicted octanol–water partition coefficient (Wildman–Crippen LogP) is 4.19. The van der Waals surface area contributed by atoms with E-state index in [0.29, 0.717) is 5.90 Å². The minimum Gasteiger partial charge on any atom is -0.497 e. The van der Waals surface area contributed by atoms with Crippen molar-refractivity contribution in [2.75, 3.05) is 7.11 Å². The quantitative estimate of drug-likeness (QED) is 0.535. The van der Waals surface area contributed by atoms with Crippen molar-refractivity contribution in [3.63, 3.8) is 0 Å². The Kier molecular flexibility index (Phi) is 3.78. The topological polar surface area (TPSA) is 47.9 Å². The molecule has 0 amide bonds. The summed E-state index contributed by atoms with van der Waals surface area (Å²) >= 11 is 0. The molecular formula is C21H15NO3. The maximum absolute atomic E-state index is 12.2. The number of methoxy groups -OCH3 is 1. The van der Waals surface area contributed by atoms with Crippen molar-refractivity contribution in [3.05, 3.63) is 83.6 Å². The van der Waals surface area contributed by atoms with Gasteiger partial charge in [-0.15, -0.1) is 0 Å². The lowest BCUT2D eigenvalue weighted by atomic mass is 10.0. The second kappa shape index (κ2) is 6.24. The maximum Gasteiger partial charge on any atom is 0.363 e. The number of carbonyl (C=O) groups is 1. The minimum absolute atomic E-state index is 0.285. The van der Waals surface area contributed by atoms with E-state index in [1.807, 2.05) is 66.7 Å². The monoisotopic (exact) mass is 329 g/mol. The van der Waals surface area contributed by atoms with Crippen molar-refractivity contribution in [1.82, 2.24) is 0 Å². The first-order chi connectivity index (χ1) is 12.2. The second-order valence-electron chi connectivity index (χ2n) is 5.64. The lowest BCUT2D eigenvalue weighted by molar-refractivity contribution is -0.129. The first-order valence-electron chi connectivity index (χ1n) is 7.89. The first-order valence-corrected chi connectivity index (χ1v) is 7.89. The van der Waals surface area contributed by atoms with Crippen LogP contribution in [-0.2, 0) is 9.53 Å². The van der Waals surface area contributed by atoms with Crippen molar-refractivity contribution < 1.29 is 14.3 Å². The van der Waals surface area contributed by atoms with Crippen LogP contribution in [0.25, 0.3) is 16.8 Å². The zero-order chi connectivity index (χ0) is 17.2. The minimum atomic E-state index is -0.446. The van der Waals surface area contributed by atoms with Crippen LogP contribution in [-0.4, -0.2) is 19.0 Å². The van der Waals surface area contributed by atoms with Crippen molar-refractivity contribution in [2.24, 2.45) is 4.99 Å². The summed E-state index contributed by atoms with van der Waals surface area (Å²) in [4.78, 5) is 16.6. The normalized spacial score (nSPS) is 15.3. The van der Waals surface area contributed by atoms with Gasteiger partial charge in [0.25, 0.3) is 0 Å². The number of cyclic esters (lactones) is 1. The van der Waals surface area contributed by atoms with E-state index in [2.05, 4.69) is 4.99 Å². The fourth-order valence-corrected chi connectivity index (χ4v) is 2.79. The maximum atomic E-state index is 12.2. The van der Waals surface area contributed by atoms with E-state index in [1.54, 1.807) is 13.2 Å². The summed E-state index contributed by atoms with van der Waals surface area (Å²) in [6.45, 7) is 0. The zero-order valence-corrected chi connectivity index (χ0v) is 13.6. The van der Waals surface area contributed by atoms with E-state index in [9.17, 15) is 4.79 Å². The predicted molar refractivity (Wildman–Crippen MR) is 97.5 cm³/mol. The summed E-state index contributed by atoms with van der Waals surface area (Å²) in [5.74, 6) is 0.649. The van der Waals surface area contributed by atoms with Gasteiger partial charge in [0.2, 0.25) is 5.90 Å². The van der Waals surface area contributed by atoms with Gasteiger partial charge in [0.05, 0.1) is 7.11 Å². The highest BCUT2D eigenvalue weighted by Crippen LogP contribution is 2.25. The summed E-state index contributed by atoms with van der Waals surface area (Å²) in [6.07, 6.45) is 1.71. The summed E-state index contributed by atoms with van der Waals surface area (Å²) in [5.41, 5.74) is 1.95. The molecule has 0 radical (unpaired) electrons. The smallest absolute Gasteiger partial charge is 0.363 e. The number of rotatable bonds is 3. The van der Waals surface area contributed by atoms with Gasteiger partial charge in [-0.1, -0.05) is 48.5 Å². The molecule has 0 saturated heterocycles. The molecule has 3 aromatic carbocycles. The molecule has 4 nitrogen and oxygen atoms in total. The number of hydrogen-bond donors (Lipinski definition) is 0. The van der Waals surface area contributed by atoms with Gasteiger partial charge in [-0.25, -0.2) is 9.79 Å². The molecule has 1 aliphatic heterocycles. The van der Waals surface area contributed by atoms with Gasteiger partial charge in [-0.2, -0.15) is 0 Å². The molecule has 0 aliphatic carbocycles. The van der Waals surface area contributed by atoms with Crippen LogP contribution in [0, 0.1) is 0 Å². The van der Waals surface area contributed by atoms with E-state index in [-0.39, 0.29) is 5.70 Å². The first kappa shape index (κ1) is 15.1. The Hall–Kier alpha value is -3.40. The van der Waals surface area contributed by atoms with Gasteiger partial charge in [-0.05, 0) is 40.6 Å². The van der Waals surface area contributed by atoms with Crippen LogP contribution in [0.1, 0.15) is 11.1 Å². The lowest BCUT2D eigenvalue weighted by Gasteiger charge is -2.04. The van der Waals surface area contributed by atoms with E-state index in [0.717, 1.165) is 27.6 Å². The molecule has 0 bridgehead atoms. The number of aliphatic imine (C=N–C) groups is 1. The molecule has 4 rings (SSSR count). The number of nitrogens with zero attached hydrogens (tertiary/aromatic N) is 1. The molecule has 3 aromatic rings. The van der Waals surface area contributed by atoms with Gasteiger partial charge in [0.15, 0.2) is 5.70 Å². The summed E-state index contributed by atoms with van der Waals surface area (Å²) < 4.78 is 10.5. The Bertz CT molecular complexity index is 1010. The van der Waals surface area contributed by atoms with Crippen LogP contribution >= 0.6 is 0 Å². The standard InChI is InChI=1S/C21H15NO3/c1-24-16-11-9-14(10-12-16)13-19-21(23)25-20(22-19)18-8-4-6-15-5-2-3-7-17(15)18/h2-13H,1H3/b19-13+. The molecule has 0 spiro atoms. The average Bonchev–Trinajstić information content (AvgIpc) is 3.02. The van der Waals surface area contributed by atoms with Gasteiger partial charge in [0.1, 0.15) is 5.75 Å². The van der Waals surface area contributed by atoms with Gasteiger partial charge < -0.3 is 9.47 Å². The van der Waals surface area contributed by atoms with Crippen molar-refractivity contribution in [2.45, 2.75) is 0 Å². The Balaban J connectivity index is 1.73. The third-order valence-corrected chi connectivity index (χ3v) is 4.06. The van der Waals surface area contributed by atoms with E-state index in [1.165, 1.54) is 0 Å². The lowest BCUT2D eigenvalue weighted by Crippen LogP contribution is -2.05. The number of esters is 1. The van der Waals surface area contributed by atoms with Crippen molar-refractivity contribution in [1.29, 1.82) is 0 Å². The largest absolute Gasteiger partial charge is 0.497 e. The third kappa shape index (κ3) is 2.90. The molecule has 0 unspecified atom stereocenters. The number of fused-ring (bicyclic) bond motifs is 1. The van der Waals surface area contributed by atoms with E-state index < -0.39 is 5.97 Å². The molecule has 4 heteroatoms. The molecule has 1 heterocycles. The molecule has 0 aromatic heterocycles. The Labute approximate surface area is 145 Å². The molecule has 0 atom stereocenters. The number of hydrogen-bond acceptors (Lipinski definition) is 4. The van der Waals surface area contributed by atoms with Crippen molar-refractivity contribution >= 4 is 28.7 Å². The van der Waals surface area contributed by atoms with Crippen LogP contribution < -0.4 is 4.74 Å². The third-order valence-electron chi connectivity index (χ3n) is 4.06. The van der Waals surface area contributed by atoms with Gasteiger partial charge in [0, 0.05) is 5.56 Å². The van der Waals surface area contributed by atoms with Gasteiger partial charge >= 0.3 is 5.97 Å².